The number of hydrogen-bond acceptors (Lipinski definition) is 3. The van der Waals surface area contributed by atoms with Gasteiger partial charge in [0.25, 0.3) is 0 Å². The quantitative estimate of drug-likeness (QED) is 0.721. The Kier molecular flexibility index (Phi) is 16.8. The smallest absolute Gasteiger partial charge is 0.0680 e. The standard InChI is InChI=1S/C11H24N2O.2C2H6/c1-3-4-5-6-13(2)9-10-7-11(14)8-12-10;2*1-2/h10-12,14H,3-9H2,1-2H3;2*1-2H3. The first-order chi connectivity index (χ1) is 8.72. The molecule has 0 amide bonds. The van der Waals surface area contributed by atoms with Crippen LogP contribution in [-0.2, 0) is 0 Å². The normalized spacial score (nSPS) is 22.0. The third kappa shape index (κ3) is 11.0. The summed E-state index contributed by atoms with van der Waals surface area (Å²) in [7, 11) is 2.17. The number of aliphatic hydroxyl groups excluding tert-OH is 1. The minimum atomic E-state index is -0.121. The third-order valence-electron chi connectivity index (χ3n) is 2.87. The summed E-state index contributed by atoms with van der Waals surface area (Å²) >= 11 is 0. The SMILES string of the molecule is CC.CC.CCCCCN(C)CC1CC(O)CN1. The first-order valence-electron chi connectivity index (χ1n) is 7.82. The highest BCUT2D eigenvalue weighted by molar-refractivity contribution is 4.82. The van der Waals surface area contributed by atoms with E-state index in [0.717, 1.165) is 19.5 Å². The van der Waals surface area contributed by atoms with Gasteiger partial charge in [0.1, 0.15) is 0 Å². The van der Waals surface area contributed by atoms with Gasteiger partial charge in [-0.25, -0.2) is 0 Å². The first kappa shape index (κ1) is 20.2. The largest absolute Gasteiger partial charge is 0.392 e. The lowest BCUT2D eigenvalue weighted by atomic mass is 10.2. The van der Waals surface area contributed by atoms with E-state index in [1.165, 1.54) is 25.8 Å². The lowest BCUT2D eigenvalue weighted by Crippen LogP contribution is -2.35. The van der Waals surface area contributed by atoms with Crippen molar-refractivity contribution < 1.29 is 5.11 Å². The highest BCUT2D eigenvalue weighted by Gasteiger charge is 2.22. The minimum absolute atomic E-state index is 0.121. The second kappa shape index (κ2) is 14.9. The average Bonchev–Trinajstić information content (AvgIpc) is 2.80. The fourth-order valence-electron chi connectivity index (χ4n) is 2.04. The monoisotopic (exact) mass is 260 g/mol. The van der Waals surface area contributed by atoms with Gasteiger partial charge in [-0.15, -0.1) is 0 Å². The minimum Gasteiger partial charge on any atom is -0.392 e. The molecular formula is C15H36N2O. The molecule has 1 fully saturated rings. The Morgan fingerprint density at radius 2 is 1.78 bits per heavy atom. The van der Waals surface area contributed by atoms with Crippen LogP contribution >= 0.6 is 0 Å². The molecule has 0 aliphatic carbocycles. The van der Waals surface area contributed by atoms with E-state index in [9.17, 15) is 5.11 Å². The summed E-state index contributed by atoms with van der Waals surface area (Å²) in [5.41, 5.74) is 0. The molecule has 3 nitrogen and oxygen atoms in total. The summed E-state index contributed by atoms with van der Waals surface area (Å²) in [5, 5.41) is 12.7. The van der Waals surface area contributed by atoms with Crippen molar-refractivity contribution >= 4 is 0 Å². The van der Waals surface area contributed by atoms with Crippen molar-refractivity contribution in [1.82, 2.24) is 10.2 Å². The van der Waals surface area contributed by atoms with Crippen LogP contribution < -0.4 is 5.32 Å². The van der Waals surface area contributed by atoms with Gasteiger partial charge in [0.2, 0.25) is 0 Å². The molecule has 112 valence electrons. The molecule has 2 atom stereocenters. The summed E-state index contributed by atoms with van der Waals surface area (Å²) in [4.78, 5) is 2.37. The van der Waals surface area contributed by atoms with Gasteiger partial charge in [-0.3, -0.25) is 0 Å². The Morgan fingerprint density at radius 3 is 2.22 bits per heavy atom. The highest BCUT2D eigenvalue weighted by atomic mass is 16.3. The summed E-state index contributed by atoms with van der Waals surface area (Å²) < 4.78 is 0. The zero-order chi connectivity index (χ0) is 14.4. The van der Waals surface area contributed by atoms with Crippen molar-refractivity contribution in [2.24, 2.45) is 0 Å². The van der Waals surface area contributed by atoms with Crippen LogP contribution in [0.4, 0.5) is 0 Å². The number of rotatable bonds is 6. The molecule has 0 aromatic carbocycles. The van der Waals surface area contributed by atoms with Crippen molar-refractivity contribution in [2.75, 3.05) is 26.7 Å². The lowest BCUT2D eigenvalue weighted by Gasteiger charge is -2.20. The zero-order valence-electron chi connectivity index (χ0n) is 13.5. The Hall–Kier alpha value is -0.120. The number of nitrogens with zero attached hydrogens (tertiary/aromatic N) is 1. The topological polar surface area (TPSA) is 35.5 Å². The molecule has 1 heterocycles. The Balaban J connectivity index is 0. The number of hydrogen-bond donors (Lipinski definition) is 2. The molecule has 2 N–H and O–H groups in total. The van der Waals surface area contributed by atoms with Crippen LogP contribution in [0.5, 0.6) is 0 Å². The maximum atomic E-state index is 9.35. The molecule has 1 saturated heterocycles. The van der Waals surface area contributed by atoms with Crippen molar-refractivity contribution in [1.29, 1.82) is 0 Å². The molecule has 1 aliphatic rings. The lowest BCUT2D eigenvalue weighted by molar-refractivity contribution is 0.189. The van der Waals surface area contributed by atoms with Crippen LogP contribution in [0.3, 0.4) is 0 Å². The van der Waals surface area contributed by atoms with E-state index in [4.69, 9.17) is 0 Å². The molecule has 2 unspecified atom stereocenters. The van der Waals surface area contributed by atoms with Gasteiger partial charge in [-0.2, -0.15) is 0 Å². The Morgan fingerprint density at radius 1 is 1.17 bits per heavy atom. The van der Waals surface area contributed by atoms with Gasteiger partial charge < -0.3 is 15.3 Å². The number of nitrogens with one attached hydrogen (secondary N) is 1. The summed E-state index contributed by atoms with van der Waals surface area (Å²) in [6.45, 7) is 13.3. The van der Waals surface area contributed by atoms with E-state index >= 15 is 0 Å². The fourth-order valence-corrected chi connectivity index (χ4v) is 2.04. The molecule has 3 heteroatoms. The van der Waals surface area contributed by atoms with E-state index in [-0.39, 0.29) is 6.10 Å². The first-order valence-corrected chi connectivity index (χ1v) is 7.82. The van der Waals surface area contributed by atoms with E-state index < -0.39 is 0 Å². The molecule has 0 saturated carbocycles. The number of aliphatic hydroxyl groups is 1. The van der Waals surface area contributed by atoms with Crippen LogP contribution in [0.2, 0.25) is 0 Å². The fraction of sp³-hybridized carbons (Fsp3) is 1.00. The van der Waals surface area contributed by atoms with Crippen molar-refractivity contribution in [3.05, 3.63) is 0 Å². The number of likely N-dealkylation sites (N-methyl/N-ethyl adjacent to an activating group) is 1. The summed E-state index contributed by atoms with van der Waals surface area (Å²) in [6, 6.07) is 0.497. The van der Waals surface area contributed by atoms with E-state index in [1.54, 1.807) is 0 Å². The molecule has 0 spiro atoms. The second-order valence-electron chi connectivity index (χ2n) is 4.46. The van der Waals surface area contributed by atoms with Crippen molar-refractivity contribution in [3.63, 3.8) is 0 Å². The molecule has 18 heavy (non-hydrogen) atoms. The molecule has 0 aromatic heterocycles. The molecule has 1 rings (SSSR count). The summed E-state index contributed by atoms with van der Waals surface area (Å²) in [5.74, 6) is 0. The van der Waals surface area contributed by atoms with Gasteiger partial charge >= 0.3 is 0 Å². The molecule has 0 aromatic rings. The van der Waals surface area contributed by atoms with Crippen LogP contribution in [-0.4, -0.2) is 48.8 Å². The maximum absolute atomic E-state index is 9.35. The Bertz CT molecular complexity index is 153. The van der Waals surface area contributed by atoms with Crippen LogP contribution in [0, 0.1) is 0 Å². The predicted molar refractivity (Wildman–Crippen MR) is 82.1 cm³/mol. The van der Waals surface area contributed by atoms with Gasteiger partial charge in [0, 0.05) is 19.1 Å². The molecule has 1 aliphatic heterocycles. The van der Waals surface area contributed by atoms with Gasteiger partial charge in [-0.1, -0.05) is 47.5 Å². The van der Waals surface area contributed by atoms with Crippen LogP contribution in [0.1, 0.15) is 60.3 Å². The van der Waals surface area contributed by atoms with E-state index in [2.05, 4.69) is 24.2 Å². The number of unbranched alkanes of at least 4 members (excludes halogenated alkanes) is 2. The van der Waals surface area contributed by atoms with E-state index in [0.29, 0.717) is 6.04 Å². The van der Waals surface area contributed by atoms with Gasteiger partial charge in [0.15, 0.2) is 0 Å². The van der Waals surface area contributed by atoms with Crippen molar-refractivity contribution in [3.8, 4) is 0 Å². The average molecular weight is 260 g/mol. The van der Waals surface area contributed by atoms with Crippen LogP contribution in [0.25, 0.3) is 0 Å². The molecular weight excluding hydrogens is 224 g/mol. The van der Waals surface area contributed by atoms with Gasteiger partial charge in [-0.05, 0) is 26.4 Å². The number of β-amino-alcohol motifs (C(OH)–C–C–N with tert-alkyl or cyclic N) is 1. The van der Waals surface area contributed by atoms with E-state index in [1.807, 2.05) is 27.7 Å². The van der Waals surface area contributed by atoms with Crippen LogP contribution in [0.15, 0.2) is 0 Å². The third-order valence-corrected chi connectivity index (χ3v) is 2.87. The van der Waals surface area contributed by atoms with Gasteiger partial charge in [0.05, 0.1) is 6.10 Å². The van der Waals surface area contributed by atoms with Crippen molar-refractivity contribution in [2.45, 2.75) is 72.4 Å². The summed E-state index contributed by atoms with van der Waals surface area (Å²) in [6.07, 6.45) is 4.70. The maximum Gasteiger partial charge on any atom is 0.0680 e. The highest BCUT2D eigenvalue weighted by Crippen LogP contribution is 2.07. The molecule has 0 bridgehead atoms. The second-order valence-corrected chi connectivity index (χ2v) is 4.46. The Labute approximate surface area is 115 Å². The molecule has 0 radical (unpaired) electrons. The predicted octanol–water partition coefficient (Wildman–Crippen LogP) is 2.88. The zero-order valence-corrected chi connectivity index (χ0v) is 13.5.